The number of Topliss-reactive ketones (excluding diaryl/α,β-unsaturated/α-hetero) is 1. The number of hydrazone groups is 1. The van der Waals surface area contributed by atoms with Crippen molar-refractivity contribution in [3.8, 4) is 0 Å². The highest BCUT2D eigenvalue weighted by Crippen LogP contribution is 2.34. The van der Waals surface area contributed by atoms with Crippen LogP contribution < -0.4 is 0 Å². The van der Waals surface area contributed by atoms with Gasteiger partial charge in [-0.1, -0.05) is 36.0 Å². The van der Waals surface area contributed by atoms with Crippen molar-refractivity contribution >= 4 is 60.1 Å². The number of halogens is 1. The first-order chi connectivity index (χ1) is 17.4. The highest BCUT2D eigenvalue weighted by molar-refractivity contribution is 8.17. The predicted octanol–water partition coefficient (Wildman–Crippen LogP) is 3.06. The second-order valence-corrected chi connectivity index (χ2v) is 13.0. The smallest absolute Gasteiger partial charge is 0.264 e. The first-order valence-corrected chi connectivity index (χ1v) is 15.7. The largest absolute Gasteiger partial charge is 0.342 e. The Labute approximate surface area is 225 Å². The quantitative estimate of drug-likeness (QED) is 0.235. The Morgan fingerprint density at radius 2 is 1.86 bits per heavy atom. The van der Waals surface area contributed by atoms with E-state index < -0.39 is 31.5 Å². The summed E-state index contributed by atoms with van der Waals surface area (Å²) in [5.41, 5.74) is 0.168. The molecule has 0 saturated carbocycles. The third kappa shape index (κ3) is 7.54. The molecule has 1 aromatic carbocycles. The molecule has 2 heterocycles. The second-order valence-electron chi connectivity index (χ2n) is 8.10. The Morgan fingerprint density at radius 3 is 2.54 bits per heavy atom. The molecule has 37 heavy (non-hydrogen) atoms. The van der Waals surface area contributed by atoms with Gasteiger partial charge in [0.05, 0.1) is 20.7 Å². The Balaban J connectivity index is 1.62. The predicted molar refractivity (Wildman–Crippen MR) is 144 cm³/mol. The lowest BCUT2D eigenvalue weighted by molar-refractivity contribution is -0.128. The van der Waals surface area contributed by atoms with Gasteiger partial charge < -0.3 is 4.90 Å². The molecule has 2 aliphatic heterocycles. The monoisotopic (exact) mass is 587 g/mol. The van der Waals surface area contributed by atoms with Crippen molar-refractivity contribution in [1.82, 2.24) is 9.91 Å². The molecule has 3 rings (SSSR count). The van der Waals surface area contributed by atoms with Gasteiger partial charge in [-0.05, 0) is 44.1 Å². The average molecular weight is 588 g/mol. The SMILES string of the molecule is CC1=NN(CCCN(CCCS(=O)(=O)O)C(=O)CCl)/C(=C/C=C/C=C2\C(=O)c3ccccc3S2(=O)=O)S1. The van der Waals surface area contributed by atoms with Crippen molar-refractivity contribution < 1.29 is 31.0 Å². The number of carbonyl (C=O) groups excluding carboxylic acids is 2. The van der Waals surface area contributed by atoms with Gasteiger partial charge in [0.1, 0.15) is 10.8 Å². The van der Waals surface area contributed by atoms with E-state index in [4.69, 9.17) is 16.2 Å². The number of hydrogen-bond acceptors (Lipinski definition) is 9. The number of amides is 1. The normalized spacial score (nSPS) is 19.2. The van der Waals surface area contributed by atoms with Crippen LogP contribution in [0.5, 0.6) is 0 Å². The molecule has 0 fully saturated rings. The van der Waals surface area contributed by atoms with E-state index in [0.717, 1.165) is 10.1 Å². The number of benzene rings is 1. The minimum atomic E-state index is -4.11. The number of fused-ring (bicyclic) bond motifs is 1. The van der Waals surface area contributed by atoms with Crippen LogP contribution >= 0.6 is 23.4 Å². The van der Waals surface area contributed by atoms with E-state index in [1.54, 1.807) is 29.3 Å². The van der Waals surface area contributed by atoms with Gasteiger partial charge in [-0.2, -0.15) is 13.5 Å². The highest BCUT2D eigenvalue weighted by Gasteiger charge is 2.38. The van der Waals surface area contributed by atoms with E-state index >= 15 is 0 Å². The van der Waals surface area contributed by atoms with Crippen LogP contribution in [0.4, 0.5) is 0 Å². The van der Waals surface area contributed by atoms with Gasteiger partial charge in [-0.3, -0.25) is 19.2 Å². The van der Waals surface area contributed by atoms with Crippen LogP contribution in [-0.4, -0.2) is 79.3 Å². The summed E-state index contributed by atoms with van der Waals surface area (Å²) in [4.78, 5) is 25.8. The molecule has 10 nitrogen and oxygen atoms in total. The summed E-state index contributed by atoms with van der Waals surface area (Å²) in [6.07, 6.45) is 6.76. The third-order valence-corrected chi connectivity index (χ3v) is 9.20. The van der Waals surface area contributed by atoms with Crippen LogP contribution in [0.25, 0.3) is 0 Å². The molecule has 2 aliphatic rings. The van der Waals surface area contributed by atoms with Gasteiger partial charge in [0.2, 0.25) is 21.5 Å². The molecule has 0 aromatic heterocycles. The van der Waals surface area contributed by atoms with Gasteiger partial charge in [0.15, 0.2) is 0 Å². The molecule has 0 bridgehead atoms. The van der Waals surface area contributed by atoms with E-state index in [1.165, 1.54) is 40.9 Å². The minimum absolute atomic E-state index is 0.0132. The molecule has 0 saturated heterocycles. The van der Waals surface area contributed by atoms with E-state index in [0.29, 0.717) is 19.5 Å². The van der Waals surface area contributed by atoms with E-state index in [1.807, 2.05) is 6.92 Å². The fourth-order valence-electron chi connectivity index (χ4n) is 3.73. The standard InChI is InChI=1S/C23H26ClN3O7S3/c1-17-25-27(14-6-12-26(21(28)16-24)13-7-15-36(30,31)32)22(35-17)11-5-4-10-20-23(29)18-8-2-3-9-19(18)37(20,33)34/h2-5,8-11H,6-7,12-16H2,1H3,(H,30,31,32)/b5-4+,20-10+,22-11-. The summed E-state index contributed by atoms with van der Waals surface area (Å²) in [7, 11) is -7.96. The van der Waals surface area contributed by atoms with Crippen molar-refractivity contribution in [2.24, 2.45) is 5.10 Å². The molecule has 14 heteroatoms. The zero-order valence-corrected chi connectivity index (χ0v) is 23.1. The number of thioether (sulfide) groups is 1. The summed E-state index contributed by atoms with van der Waals surface area (Å²) in [5.74, 6) is -1.55. The van der Waals surface area contributed by atoms with Crippen LogP contribution in [0.1, 0.15) is 30.1 Å². The second kappa shape index (κ2) is 12.4. The number of nitrogens with zero attached hydrogens (tertiary/aromatic N) is 3. The molecular weight excluding hydrogens is 562 g/mol. The van der Waals surface area contributed by atoms with E-state index in [9.17, 15) is 26.4 Å². The molecule has 0 unspecified atom stereocenters. The molecule has 0 atom stereocenters. The van der Waals surface area contributed by atoms with Gasteiger partial charge in [-0.25, -0.2) is 8.42 Å². The Kier molecular flexibility index (Phi) is 9.75. The van der Waals surface area contributed by atoms with Crippen molar-refractivity contribution in [2.75, 3.05) is 31.3 Å². The molecule has 1 amide bonds. The first-order valence-electron chi connectivity index (χ1n) is 11.2. The van der Waals surface area contributed by atoms with Crippen molar-refractivity contribution in [3.63, 3.8) is 0 Å². The van der Waals surface area contributed by atoms with Crippen LogP contribution in [0.3, 0.4) is 0 Å². The number of allylic oxidation sites excluding steroid dienone is 5. The van der Waals surface area contributed by atoms with Crippen molar-refractivity contribution in [1.29, 1.82) is 0 Å². The Morgan fingerprint density at radius 1 is 1.19 bits per heavy atom. The van der Waals surface area contributed by atoms with E-state index in [2.05, 4.69) is 5.10 Å². The van der Waals surface area contributed by atoms with Crippen LogP contribution in [0.15, 0.2) is 68.5 Å². The highest BCUT2D eigenvalue weighted by atomic mass is 35.5. The summed E-state index contributed by atoms with van der Waals surface area (Å²) in [6.45, 7) is 2.76. The zero-order chi connectivity index (χ0) is 27.2. The summed E-state index contributed by atoms with van der Waals surface area (Å²) < 4.78 is 56.0. The van der Waals surface area contributed by atoms with Crippen LogP contribution in [0.2, 0.25) is 0 Å². The average Bonchev–Trinajstić information content (AvgIpc) is 3.28. The third-order valence-electron chi connectivity index (χ3n) is 5.40. The topological polar surface area (TPSA) is 141 Å². The molecule has 1 aromatic rings. The number of carbonyl (C=O) groups is 2. The maximum atomic E-state index is 12.7. The Hall–Kier alpha value is -2.45. The lowest BCUT2D eigenvalue weighted by Gasteiger charge is -2.23. The number of hydrogen-bond donors (Lipinski definition) is 1. The maximum Gasteiger partial charge on any atom is 0.264 e. The summed E-state index contributed by atoms with van der Waals surface area (Å²) in [5, 5.41) is 7.76. The van der Waals surface area contributed by atoms with Crippen molar-refractivity contribution in [3.05, 3.63) is 64.1 Å². The van der Waals surface area contributed by atoms with Gasteiger partial charge in [0, 0.05) is 25.2 Å². The van der Waals surface area contributed by atoms with Crippen LogP contribution in [-0.2, 0) is 24.7 Å². The first kappa shape index (κ1) is 29.1. The summed E-state index contributed by atoms with van der Waals surface area (Å²) >= 11 is 7.08. The van der Waals surface area contributed by atoms with E-state index in [-0.39, 0.29) is 40.1 Å². The molecule has 0 spiro atoms. The number of ketones is 1. The van der Waals surface area contributed by atoms with Gasteiger partial charge in [0.25, 0.3) is 10.1 Å². The molecule has 0 aliphatic carbocycles. The minimum Gasteiger partial charge on any atom is -0.342 e. The lowest BCUT2D eigenvalue weighted by atomic mass is 10.1. The number of rotatable bonds is 11. The molecule has 200 valence electrons. The van der Waals surface area contributed by atoms with Crippen molar-refractivity contribution in [2.45, 2.75) is 24.7 Å². The molecule has 1 N–H and O–H groups in total. The summed E-state index contributed by atoms with van der Waals surface area (Å²) in [6, 6.07) is 6.10. The Bertz CT molecular complexity index is 1400. The lowest BCUT2D eigenvalue weighted by Crippen LogP contribution is -2.35. The van der Waals surface area contributed by atoms with Crippen LogP contribution in [0, 0.1) is 0 Å². The molecule has 0 radical (unpaired) electrons. The fraction of sp³-hybridized carbons (Fsp3) is 0.348. The fourth-order valence-corrected chi connectivity index (χ4v) is 6.77. The maximum absolute atomic E-state index is 12.7. The number of sulfone groups is 1. The van der Waals surface area contributed by atoms with Gasteiger partial charge >= 0.3 is 0 Å². The molecular formula is C23H26ClN3O7S3. The zero-order valence-electron chi connectivity index (χ0n) is 19.9. The number of alkyl halides is 1. The van der Waals surface area contributed by atoms with Gasteiger partial charge in [-0.15, -0.1) is 11.6 Å².